The lowest BCUT2D eigenvalue weighted by Gasteiger charge is -2.28. The molecule has 0 saturated heterocycles. The molecule has 0 bridgehead atoms. The van der Waals surface area contributed by atoms with Crippen LogP contribution in [0.4, 0.5) is 17.1 Å². The summed E-state index contributed by atoms with van der Waals surface area (Å²) in [5.74, 6) is 0. The molecule has 0 unspecified atom stereocenters. The molecule has 56 heavy (non-hydrogen) atoms. The summed E-state index contributed by atoms with van der Waals surface area (Å²) in [5, 5.41) is 9.16. The molecule has 0 fully saturated rings. The maximum atomic E-state index is 6.67. The van der Waals surface area contributed by atoms with E-state index in [9.17, 15) is 0 Å². The van der Waals surface area contributed by atoms with Gasteiger partial charge in [-0.05, 0) is 77.7 Å². The van der Waals surface area contributed by atoms with Crippen LogP contribution in [0.3, 0.4) is 0 Å². The molecule has 0 aliphatic carbocycles. The van der Waals surface area contributed by atoms with E-state index in [1.807, 2.05) is 12.1 Å². The van der Waals surface area contributed by atoms with Crippen LogP contribution in [0.1, 0.15) is 0 Å². The molecule has 9 aromatic carbocycles. The number of furan rings is 2. The smallest absolute Gasteiger partial charge is 0.143 e. The molecule has 3 heterocycles. The van der Waals surface area contributed by atoms with Crippen LogP contribution in [-0.4, -0.2) is 4.57 Å². The van der Waals surface area contributed by atoms with E-state index < -0.39 is 0 Å². The molecule has 0 radical (unpaired) electrons. The zero-order chi connectivity index (χ0) is 36.7. The monoisotopic (exact) mass is 716 g/mol. The molecule has 0 spiro atoms. The van der Waals surface area contributed by atoms with Gasteiger partial charge in [0.05, 0.1) is 16.7 Å². The predicted molar refractivity (Wildman–Crippen MR) is 233 cm³/mol. The van der Waals surface area contributed by atoms with Crippen molar-refractivity contribution in [1.82, 2.24) is 4.57 Å². The van der Waals surface area contributed by atoms with Crippen molar-refractivity contribution < 1.29 is 8.83 Å². The maximum absolute atomic E-state index is 6.67. The Labute approximate surface area is 321 Å². The highest BCUT2D eigenvalue weighted by atomic mass is 16.3. The number of rotatable bonds is 5. The van der Waals surface area contributed by atoms with E-state index in [0.29, 0.717) is 0 Å². The second-order valence-corrected chi connectivity index (χ2v) is 14.5. The van der Waals surface area contributed by atoms with Gasteiger partial charge in [-0.3, -0.25) is 0 Å². The number of para-hydroxylation sites is 4. The second-order valence-electron chi connectivity index (χ2n) is 14.5. The average Bonchev–Trinajstić information content (AvgIpc) is 3.94. The Kier molecular flexibility index (Phi) is 6.60. The van der Waals surface area contributed by atoms with E-state index in [2.05, 4.69) is 191 Å². The first kappa shape index (κ1) is 30.9. The van der Waals surface area contributed by atoms with E-state index >= 15 is 0 Å². The Morgan fingerprint density at radius 3 is 1.86 bits per heavy atom. The fourth-order valence-corrected chi connectivity index (χ4v) is 8.93. The minimum atomic E-state index is 0.847. The first-order valence-electron chi connectivity index (χ1n) is 19.0. The summed E-state index contributed by atoms with van der Waals surface area (Å²) in [5.41, 5.74) is 12.2. The number of anilines is 3. The molecular weight excluding hydrogens is 685 g/mol. The maximum Gasteiger partial charge on any atom is 0.143 e. The zero-order valence-electron chi connectivity index (χ0n) is 30.2. The molecule has 0 aliphatic rings. The summed E-state index contributed by atoms with van der Waals surface area (Å²) < 4.78 is 15.5. The second kappa shape index (κ2) is 12.0. The summed E-state index contributed by atoms with van der Waals surface area (Å²) in [6.45, 7) is 0. The van der Waals surface area contributed by atoms with Crippen LogP contribution in [0.2, 0.25) is 0 Å². The Bertz CT molecular complexity index is 3460. The van der Waals surface area contributed by atoms with Crippen molar-refractivity contribution in [2.24, 2.45) is 0 Å². The first-order chi connectivity index (χ1) is 27.8. The van der Waals surface area contributed by atoms with Gasteiger partial charge >= 0.3 is 0 Å². The van der Waals surface area contributed by atoms with Crippen molar-refractivity contribution in [2.45, 2.75) is 0 Å². The lowest BCUT2D eigenvalue weighted by molar-refractivity contribution is 0.669. The summed E-state index contributed by atoms with van der Waals surface area (Å²) in [4.78, 5) is 2.37. The van der Waals surface area contributed by atoms with E-state index in [0.717, 1.165) is 88.5 Å². The minimum Gasteiger partial charge on any atom is -0.456 e. The number of hydrogen-bond acceptors (Lipinski definition) is 3. The van der Waals surface area contributed by atoms with Crippen LogP contribution in [-0.2, 0) is 0 Å². The Hall–Kier alpha value is -7.56. The number of fused-ring (bicyclic) bond motifs is 11. The fraction of sp³-hybridized carbons (Fsp3) is 0. The molecule has 262 valence electrons. The molecule has 0 saturated carbocycles. The van der Waals surface area contributed by atoms with Crippen LogP contribution in [0.15, 0.2) is 203 Å². The van der Waals surface area contributed by atoms with Gasteiger partial charge in [-0.2, -0.15) is 0 Å². The van der Waals surface area contributed by atoms with Crippen LogP contribution < -0.4 is 4.90 Å². The van der Waals surface area contributed by atoms with Gasteiger partial charge < -0.3 is 18.3 Å². The van der Waals surface area contributed by atoms with Crippen LogP contribution in [0, 0.1) is 0 Å². The highest BCUT2D eigenvalue weighted by Crippen LogP contribution is 2.47. The summed E-state index contributed by atoms with van der Waals surface area (Å²) >= 11 is 0. The van der Waals surface area contributed by atoms with Crippen molar-refractivity contribution in [3.63, 3.8) is 0 Å². The fourth-order valence-electron chi connectivity index (χ4n) is 8.93. The Morgan fingerprint density at radius 2 is 1.00 bits per heavy atom. The van der Waals surface area contributed by atoms with Crippen molar-refractivity contribution >= 4 is 93.5 Å². The SMILES string of the molecule is c1cc(N(c2ccc3c(c2)oc2ccccc23)c2ccccc2-c2cccc3oc4c5ccccc5ccc4c23)cc(-n2c3ccccc3c3ccccc32)c1. The Morgan fingerprint density at radius 1 is 0.375 bits per heavy atom. The summed E-state index contributed by atoms with van der Waals surface area (Å²) in [6.07, 6.45) is 0. The highest BCUT2D eigenvalue weighted by Gasteiger charge is 2.23. The van der Waals surface area contributed by atoms with Gasteiger partial charge in [-0.1, -0.05) is 121 Å². The van der Waals surface area contributed by atoms with E-state index in [1.54, 1.807) is 0 Å². The number of benzene rings is 9. The van der Waals surface area contributed by atoms with Gasteiger partial charge in [0, 0.05) is 66.4 Å². The van der Waals surface area contributed by atoms with E-state index in [4.69, 9.17) is 8.83 Å². The molecule has 0 aliphatic heterocycles. The molecule has 12 rings (SSSR count). The van der Waals surface area contributed by atoms with Crippen LogP contribution in [0.5, 0.6) is 0 Å². The van der Waals surface area contributed by atoms with Crippen LogP contribution >= 0.6 is 0 Å². The molecule has 0 N–H and O–H groups in total. The van der Waals surface area contributed by atoms with Gasteiger partial charge in [-0.25, -0.2) is 0 Å². The number of aromatic nitrogens is 1. The van der Waals surface area contributed by atoms with E-state index in [1.165, 1.54) is 21.8 Å². The molecular formula is C52H32N2O2. The zero-order valence-corrected chi connectivity index (χ0v) is 30.2. The van der Waals surface area contributed by atoms with Gasteiger partial charge in [-0.15, -0.1) is 0 Å². The van der Waals surface area contributed by atoms with Crippen molar-refractivity contribution in [2.75, 3.05) is 4.90 Å². The quantitative estimate of drug-likeness (QED) is 0.178. The summed E-state index contributed by atoms with van der Waals surface area (Å²) in [6, 6.07) is 69.0. The molecule has 12 aromatic rings. The van der Waals surface area contributed by atoms with Gasteiger partial charge in [0.25, 0.3) is 0 Å². The van der Waals surface area contributed by atoms with E-state index in [-0.39, 0.29) is 0 Å². The lowest BCUT2D eigenvalue weighted by atomic mass is 9.96. The number of hydrogen-bond donors (Lipinski definition) is 0. The first-order valence-corrected chi connectivity index (χ1v) is 19.0. The highest BCUT2D eigenvalue weighted by molar-refractivity contribution is 6.20. The largest absolute Gasteiger partial charge is 0.456 e. The van der Waals surface area contributed by atoms with Gasteiger partial charge in [0.2, 0.25) is 0 Å². The van der Waals surface area contributed by atoms with Crippen LogP contribution in [0.25, 0.3) is 93.3 Å². The molecule has 0 atom stereocenters. The third kappa shape index (κ3) is 4.53. The van der Waals surface area contributed by atoms with Crippen molar-refractivity contribution in [1.29, 1.82) is 0 Å². The molecule has 3 aromatic heterocycles. The van der Waals surface area contributed by atoms with Crippen molar-refractivity contribution in [3.05, 3.63) is 194 Å². The number of nitrogens with zero attached hydrogens (tertiary/aromatic N) is 2. The normalized spacial score (nSPS) is 11.9. The Balaban J connectivity index is 1.12. The third-order valence-electron chi connectivity index (χ3n) is 11.4. The van der Waals surface area contributed by atoms with Crippen molar-refractivity contribution in [3.8, 4) is 16.8 Å². The van der Waals surface area contributed by atoms with Gasteiger partial charge in [0.1, 0.15) is 22.3 Å². The lowest BCUT2D eigenvalue weighted by Crippen LogP contribution is -2.11. The predicted octanol–water partition coefficient (Wildman–Crippen LogP) is 14.9. The van der Waals surface area contributed by atoms with Gasteiger partial charge in [0.15, 0.2) is 0 Å². The minimum absolute atomic E-state index is 0.847. The summed E-state index contributed by atoms with van der Waals surface area (Å²) in [7, 11) is 0. The molecule has 0 amide bonds. The molecule has 4 nitrogen and oxygen atoms in total. The topological polar surface area (TPSA) is 34.5 Å². The standard InChI is InChI=1S/C52H32N2O2/c1-2-16-37-33(13-1)27-29-44-51-43(21-12-26-49(51)56-52(37)44)40-19-5-7-22-45(40)53(36-28-30-42-41-20-6-10-25-48(41)55-50(42)32-36)34-14-11-15-35(31-34)54-46-23-8-3-17-38(46)39-18-4-9-24-47(39)54/h1-32H. The third-order valence-corrected chi connectivity index (χ3v) is 11.4. The average molecular weight is 717 g/mol. The molecule has 4 heteroatoms.